The first kappa shape index (κ1) is 10.4. The zero-order chi connectivity index (χ0) is 9.02. The molecule has 0 saturated heterocycles. The number of carbonyl (C=O) groups is 2. The molecular weight excluding hydrogens is 200 g/mol. The summed E-state index contributed by atoms with van der Waals surface area (Å²) in [6.45, 7) is 0. The van der Waals surface area contributed by atoms with E-state index >= 15 is 0 Å². The zero-order valence-electron chi connectivity index (χ0n) is 4.67. The van der Waals surface area contributed by atoms with E-state index in [1.165, 1.54) is 0 Å². The highest BCUT2D eigenvalue weighted by Gasteiger charge is 2.10. The maximum atomic E-state index is 9.93. The number of carbonyl (C=O) groups excluding carboxylic acids is 2. The molecule has 0 aliphatic carbocycles. The molecule has 64 valence electrons. The molecule has 0 aromatic rings. The van der Waals surface area contributed by atoms with Crippen molar-refractivity contribution in [3.63, 3.8) is 0 Å². The summed E-state index contributed by atoms with van der Waals surface area (Å²) in [6.07, 6.45) is 0. The van der Waals surface area contributed by atoms with Crippen molar-refractivity contribution in [1.29, 1.82) is 0 Å². The van der Waals surface area contributed by atoms with Gasteiger partial charge in [0.1, 0.15) is 0 Å². The molecule has 2 atom stereocenters. The smallest absolute Gasteiger partial charge is 0.392 e. The van der Waals surface area contributed by atoms with Gasteiger partial charge < -0.3 is 13.8 Å². The Balaban J connectivity index is 4.07. The van der Waals surface area contributed by atoms with Gasteiger partial charge in [-0.1, -0.05) is 0 Å². The molecule has 11 heavy (non-hydrogen) atoms. The van der Waals surface area contributed by atoms with E-state index in [0.717, 1.165) is 0 Å². The van der Waals surface area contributed by atoms with Gasteiger partial charge >= 0.3 is 10.6 Å². The molecule has 0 aromatic carbocycles. The summed E-state index contributed by atoms with van der Waals surface area (Å²) in [5.74, 6) is 0. The van der Waals surface area contributed by atoms with Gasteiger partial charge in [-0.3, -0.25) is 8.42 Å². The quantitative estimate of drug-likeness (QED) is 0.279. The van der Waals surface area contributed by atoms with Crippen LogP contribution in [0.1, 0.15) is 0 Å². The largest absolute Gasteiger partial charge is 0.764 e. The van der Waals surface area contributed by atoms with E-state index in [4.69, 9.17) is 0 Å². The molecule has 0 heterocycles. The molecule has 0 rings (SSSR count). The SMILES string of the molecule is O=C(OC(=O)S(=O)[O-])S(=O)[O-]. The summed E-state index contributed by atoms with van der Waals surface area (Å²) in [7, 11) is 0. The lowest BCUT2D eigenvalue weighted by molar-refractivity contribution is 0.182. The molecule has 0 spiro atoms. The van der Waals surface area contributed by atoms with Crippen LogP contribution in [0.25, 0.3) is 0 Å². The monoisotopic (exact) mass is 200 g/mol. The number of ether oxygens (including phenoxy) is 1. The Kier molecular flexibility index (Phi) is 4.03. The highest BCUT2D eigenvalue weighted by molar-refractivity contribution is 7.96. The Bertz CT molecular complexity index is 207. The summed E-state index contributed by atoms with van der Waals surface area (Å²) in [5, 5.41) is -3.86. The van der Waals surface area contributed by atoms with Gasteiger partial charge in [0.15, 0.2) is 0 Å². The van der Waals surface area contributed by atoms with E-state index in [0.29, 0.717) is 0 Å². The first-order valence-corrected chi connectivity index (χ1v) is 4.04. The fourth-order valence-electron chi connectivity index (χ4n) is 0.136. The Hall–Kier alpha value is -0.640. The van der Waals surface area contributed by atoms with E-state index in [-0.39, 0.29) is 0 Å². The summed E-state index contributed by atoms with van der Waals surface area (Å²) in [5.41, 5.74) is 0. The van der Waals surface area contributed by atoms with Crippen molar-refractivity contribution in [1.82, 2.24) is 0 Å². The Labute approximate surface area is 65.3 Å². The maximum Gasteiger partial charge on any atom is 0.392 e. The van der Waals surface area contributed by atoms with Gasteiger partial charge in [-0.05, 0) is 0 Å². The lowest BCUT2D eigenvalue weighted by Crippen LogP contribution is -2.16. The van der Waals surface area contributed by atoms with Crippen LogP contribution in [0, 0.1) is 0 Å². The van der Waals surface area contributed by atoms with Crippen LogP contribution in [0.5, 0.6) is 0 Å². The van der Waals surface area contributed by atoms with Crippen LogP contribution in [-0.2, 0) is 26.9 Å². The minimum Gasteiger partial charge on any atom is -0.764 e. The molecule has 0 bridgehead atoms. The van der Waals surface area contributed by atoms with Gasteiger partial charge in [-0.2, -0.15) is 0 Å². The van der Waals surface area contributed by atoms with Crippen LogP contribution in [0.3, 0.4) is 0 Å². The van der Waals surface area contributed by atoms with Crippen molar-refractivity contribution in [3.8, 4) is 0 Å². The minimum atomic E-state index is -3.25. The molecule has 0 aliphatic heterocycles. The maximum absolute atomic E-state index is 9.93. The summed E-state index contributed by atoms with van der Waals surface area (Å²) < 4.78 is 41.8. The van der Waals surface area contributed by atoms with Crippen LogP contribution in [0.15, 0.2) is 0 Å². The predicted octanol–water partition coefficient (Wildman–Crippen LogP) is -0.999. The average Bonchev–Trinajstić information content (AvgIpc) is 1.87. The van der Waals surface area contributed by atoms with E-state index < -0.39 is 32.8 Å². The van der Waals surface area contributed by atoms with Crippen LogP contribution in [-0.4, -0.2) is 28.1 Å². The molecular formula is C2O7S2-2. The zero-order valence-corrected chi connectivity index (χ0v) is 6.31. The van der Waals surface area contributed by atoms with Crippen molar-refractivity contribution in [2.24, 2.45) is 0 Å². The summed E-state index contributed by atoms with van der Waals surface area (Å²) in [4.78, 5) is 19.9. The van der Waals surface area contributed by atoms with Crippen molar-refractivity contribution < 1.29 is 31.8 Å². The van der Waals surface area contributed by atoms with E-state index in [2.05, 4.69) is 4.74 Å². The van der Waals surface area contributed by atoms with E-state index in [1.54, 1.807) is 0 Å². The van der Waals surface area contributed by atoms with E-state index in [1.807, 2.05) is 0 Å². The number of hydrogen-bond donors (Lipinski definition) is 0. The third-order valence-corrected chi connectivity index (χ3v) is 1.15. The first-order valence-electron chi connectivity index (χ1n) is 1.89. The van der Waals surface area contributed by atoms with Crippen LogP contribution in [0.4, 0.5) is 9.59 Å². The van der Waals surface area contributed by atoms with Crippen molar-refractivity contribution in [2.75, 3.05) is 0 Å². The molecule has 7 nitrogen and oxygen atoms in total. The third-order valence-electron chi connectivity index (χ3n) is 0.439. The lowest BCUT2D eigenvalue weighted by Gasteiger charge is -2.04. The van der Waals surface area contributed by atoms with Crippen LogP contribution >= 0.6 is 0 Å². The lowest BCUT2D eigenvalue weighted by atomic mass is 11.4. The average molecular weight is 200 g/mol. The highest BCUT2D eigenvalue weighted by Crippen LogP contribution is 1.91. The normalized spacial score (nSPS) is 15.1. The van der Waals surface area contributed by atoms with Gasteiger partial charge in [0.2, 0.25) is 0 Å². The van der Waals surface area contributed by atoms with Crippen LogP contribution < -0.4 is 0 Å². The Morgan fingerprint density at radius 2 is 1.27 bits per heavy atom. The number of hydrogen-bond acceptors (Lipinski definition) is 7. The van der Waals surface area contributed by atoms with Gasteiger partial charge in [-0.15, -0.1) is 0 Å². The van der Waals surface area contributed by atoms with E-state index in [9.17, 15) is 27.1 Å². The number of rotatable bonds is 0. The fraction of sp³-hybridized carbons (Fsp3) is 0. The van der Waals surface area contributed by atoms with Crippen molar-refractivity contribution >= 4 is 32.8 Å². The molecule has 0 saturated carbocycles. The highest BCUT2D eigenvalue weighted by atomic mass is 32.2. The minimum absolute atomic E-state index is 1.93. The van der Waals surface area contributed by atoms with Gasteiger partial charge in [0.25, 0.3) is 0 Å². The molecule has 2 unspecified atom stereocenters. The predicted molar refractivity (Wildman–Crippen MR) is 29.7 cm³/mol. The molecule has 0 N–H and O–H groups in total. The topological polar surface area (TPSA) is 124 Å². The molecule has 0 fully saturated rings. The van der Waals surface area contributed by atoms with Gasteiger partial charge in [0, 0.05) is 0 Å². The second-order valence-electron chi connectivity index (χ2n) is 1.07. The second-order valence-corrected chi connectivity index (χ2v) is 2.68. The second kappa shape index (κ2) is 4.28. The molecule has 0 aliphatic rings. The van der Waals surface area contributed by atoms with Crippen molar-refractivity contribution in [2.45, 2.75) is 0 Å². The molecule has 9 heteroatoms. The van der Waals surface area contributed by atoms with Gasteiger partial charge in [-0.25, -0.2) is 9.59 Å². The standard InChI is InChI=1S/C2H2O7S2/c3-1(10(5)6)9-2(4)11(7)8/h(H,5,6)(H,7,8)/p-2. The molecule has 0 amide bonds. The summed E-state index contributed by atoms with van der Waals surface area (Å²) >= 11 is -6.51. The first-order chi connectivity index (χ1) is 4.95. The molecule has 0 aromatic heterocycles. The fourth-order valence-corrected chi connectivity index (χ4v) is 0.476. The Morgan fingerprint density at radius 3 is 1.45 bits per heavy atom. The van der Waals surface area contributed by atoms with Crippen molar-refractivity contribution in [3.05, 3.63) is 0 Å². The Morgan fingerprint density at radius 1 is 1.00 bits per heavy atom. The van der Waals surface area contributed by atoms with Gasteiger partial charge in [0.05, 0.1) is 22.2 Å². The van der Waals surface area contributed by atoms with Crippen LogP contribution in [0.2, 0.25) is 0 Å². The summed E-state index contributed by atoms with van der Waals surface area (Å²) in [6, 6.07) is 0. The third kappa shape index (κ3) is 3.93. The molecule has 0 radical (unpaired) electrons.